The lowest BCUT2D eigenvalue weighted by molar-refractivity contribution is -0.0245. The highest BCUT2D eigenvalue weighted by Gasteiger charge is 2.20. The molecular weight excluding hydrogens is 216 g/mol. The summed E-state index contributed by atoms with van der Waals surface area (Å²) in [4.78, 5) is 0. The molecule has 2 rings (SSSR count). The van der Waals surface area contributed by atoms with Crippen molar-refractivity contribution in [3.63, 3.8) is 0 Å². The van der Waals surface area contributed by atoms with E-state index in [1.807, 2.05) is 30.3 Å². The maximum absolute atomic E-state index is 10.5. The van der Waals surface area contributed by atoms with Gasteiger partial charge in [-0.15, -0.1) is 0 Å². The van der Waals surface area contributed by atoms with Crippen molar-refractivity contribution in [1.29, 1.82) is 0 Å². The molecule has 0 amide bonds. The van der Waals surface area contributed by atoms with Crippen molar-refractivity contribution >= 4 is 11.1 Å². The summed E-state index contributed by atoms with van der Waals surface area (Å²) in [6.07, 6.45) is 1.11. The molecule has 1 aromatic carbocycles. The molecule has 0 fully saturated rings. The van der Waals surface area contributed by atoms with Crippen molar-refractivity contribution in [3.05, 3.63) is 47.2 Å². The maximum Gasteiger partial charge on any atom is 0.245 e. The summed E-state index contributed by atoms with van der Waals surface area (Å²) in [7, 11) is 0. The molecule has 0 aliphatic carbocycles. The summed E-state index contributed by atoms with van der Waals surface area (Å²) in [5.41, 5.74) is 1.04. The van der Waals surface area contributed by atoms with Gasteiger partial charge >= 0.3 is 0 Å². The molecular formula is C10H9O4S-. The van der Waals surface area contributed by atoms with Gasteiger partial charge in [0.05, 0.1) is 0 Å². The van der Waals surface area contributed by atoms with Gasteiger partial charge in [-0.05, 0) is 5.56 Å². The predicted octanol–water partition coefficient (Wildman–Crippen LogP) is 1.28. The first-order valence-corrected chi connectivity index (χ1v) is 5.48. The van der Waals surface area contributed by atoms with E-state index >= 15 is 0 Å². The average molecular weight is 225 g/mol. The highest BCUT2D eigenvalue weighted by Crippen LogP contribution is 2.19. The Hall–Kier alpha value is -1.33. The third-order valence-electron chi connectivity index (χ3n) is 1.97. The first-order chi connectivity index (χ1) is 7.25. The van der Waals surface area contributed by atoms with Crippen LogP contribution in [0.5, 0.6) is 0 Å². The fraction of sp³-hybridized carbons (Fsp3) is 0.200. The fourth-order valence-electron chi connectivity index (χ4n) is 1.29. The monoisotopic (exact) mass is 225 g/mol. The quantitative estimate of drug-likeness (QED) is 0.727. The van der Waals surface area contributed by atoms with Crippen LogP contribution in [0, 0.1) is 0 Å². The minimum atomic E-state index is -2.36. The minimum absolute atomic E-state index is 0.143. The highest BCUT2D eigenvalue weighted by atomic mass is 32.2. The summed E-state index contributed by atoms with van der Waals surface area (Å²) < 4.78 is 31.2. The third kappa shape index (κ3) is 2.57. The van der Waals surface area contributed by atoms with Gasteiger partial charge in [0.1, 0.15) is 6.26 Å². The zero-order valence-electron chi connectivity index (χ0n) is 7.79. The Labute approximate surface area is 89.8 Å². The van der Waals surface area contributed by atoms with Crippen molar-refractivity contribution in [3.8, 4) is 0 Å². The molecule has 0 saturated heterocycles. The van der Waals surface area contributed by atoms with Gasteiger partial charge in [0.15, 0.2) is 0 Å². The summed E-state index contributed by atoms with van der Waals surface area (Å²) in [6.45, 7) is 0. The number of hydrogen-bond acceptors (Lipinski definition) is 4. The van der Waals surface area contributed by atoms with E-state index in [-0.39, 0.29) is 5.09 Å². The molecule has 0 saturated carbocycles. The average Bonchev–Trinajstić information content (AvgIpc) is 2.68. The van der Waals surface area contributed by atoms with Crippen LogP contribution in [-0.2, 0) is 27.0 Å². The second kappa shape index (κ2) is 4.46. The number of ether oxygens (including phenoxy) is 2. The Morgan fingerprint density at radius 2 is 2.07 bits per heavy atom. The highest BCUT2D eigenvalue weighted by molar-refractivity contribution is 7.83. The molecule has 0 spiro atoms. The van der Waals surface area contributed by atoms with Gasteiger partial charge in [-0.1, -0.05) is 30.3 Å². The zero-order chi connectivity index (χ0) is 10.7. The van der Waals surface area contributed by atoms with E-state index in [0.717, 1.165) is 11.8 Å². The number of rotatable bonds is 3. The molecule has 1 aliphatic heterocycles. The SMILES string of the molecule is O=S([O-])C1=COC(Cc2ccccc2)O1. The summed E-state index contributed by atoms with van der Waals surface area (Å²) >= 11 is -2.36. The summed E-state index contributed by atoms with van der Waals surface area (Å²) in [5.74, 6) is 0. The first kappa shape index (κ1) is 10.2. The Morgan fingerprint density at radius 1 is 1.33 bits per heavy atom. The van der Waals surface area contributed by atoms with Crippen LogP contribution in [-0.4, -0.2) is 15.1 Å². The Morgan fingerprint density at radius 3 is 2.67 bits per heavy atom. The molecule has 2 unspecified atom stereocenters. The Balaban J connectivity index is 1.93. The molecule has 15 heavy (non-hydrogen) atoms. The van der Waals surface area contributed by atoms with Crippen molar-refractivity contribution in [2.45, 2.75) is 12.7 Å². The molecule has 5 heteroatoms. The standard InChI is InChI=1S/C10H10O4S/c11-15(12)10-7-13-9(14-10)6-8-4-2-1-3-5-8/h1-5,7,9H,6H2,(H,11,12)/p-1. The molecule has 1 heterocycles. The number of benzene rings is 1. The van der Waals surface area contributed by atoms with Crippen LogP contribution < -0.4 is 0 Å². The van der Waals surface area contributed by atoms with E-state index in [2.05, 4.69) is 0 Å². The van der Waals surface area contributed by atoms with Gasteiger partial charge < -0.3 is 14.0 Å². The van der Waals surface area contributed by atoms with E-state index in [1.54, 1.807) is 0 Å². The second-order valence-electron chi connectivity index (χ2n) is 3.04. The molecule has 80 valence electrons. The van der Waals surface area contributed by atoms with Crippen LogP contribution in [0.4, 0.5) is 0 Å². The molecule has 0 bridgehead atoms. The van der Waals surface area contributed by atoms with Crippen LogP contribution in [0.3, 0.4) is 0 Å². The molecule has 1 aliphatic rings. The largest absolute Gasteiger partial charge is 0.766 e. The van der Waals surface area contributed by atoms with Crippen LogP contribution in [0.1, 0.15) is 5.56 Å². The van der Waals surface area contributed by atoms with Crippen LogP contribution in [0.25, 0.3) is 0 Å². The third-order valence-corrected chi connectivity index (χ3v) is 2.49. The van der Waals surface area contributed by atoms with Gasteiger partial charge in [0.25, 0.3) is 0 Å². The lowest BCUT2D eigenvalue weighted by Crippen LogP contribution is -2.12. The van der Waals surface area contributed by atoms with Gasteiger partial charge in [-0.25, -0.2) is 0 Å². The van der Waals surface area contributed by atoms with Crippen LogP contribution >= 0.6 is 0 Å². The Bertz CT molecular complexity index is 388. The summed E-state index contributed by atoms with van der Waals surface area (Å²) in [6, 6.07) is 9.59. The van der Waals surface area contributed by atoms with E-state index in [1.165, 1.54) is 0 Å². The molecule has 1 aromatic rings. The topological polar surface area (TPSA) is 58.6 Å². The van der Waals surface area contributed by atoms with Crippen molar-refractivity contribution in [1.82, 2.24) is 0 Å². The molecule has 0 N–H and O–H groups in total. The number of hydrogen-bond donors (Lipinski definition) is 0. The smallest absolute Gasteiger partial charge is 0.245 e. The fourth-order valence-corrected chi connectivity index (χ4v) is 1.61. The Kier molecular flexibility index (Phi) is 3.03. The van der Waals surface area contributed by atoms with E-state index in [9.17, 15) is 8.76 Å². The second-order valence-corrected chi connectivity index (χ2v) is 3.92. The van der Waals surface area contributed by atoms with Gasteiger partial charge in [-0.2, -0.15) is 0 Å². The molecule has 0 radical (unpaired) electrons. The normalized spacial score (nSPS) is 21.4. The van der Waals surface area contributed by atoms with E-state index < -0.39 is 17.4 Å². The first-order valence-electron chi connectivity index (χ1n) is 4.41. The van der Waals surface area contributed by atoms with Gasteiger partial charge in [0, 0.05) is 17.5 Å². The zero-order valence-corrected chi connectivity index (χ0v) is 8.61. The molecule has 4 nitrogen and oxygen atoms in total. The lowest BCUT2D eigenvalue weighted by atomic mass is 10.1. The molecule has 0 aromatic heterocycles. The van der Waals surface area contributed by atoms with Crippen LogP contribution in [0.2, 0.25) is 0 Å². The van der Waals surface area contributed by atoms with Crippen molar-refractivity contribution in [2.24, 2.45) is 0 Å². The van der Waals surface area contributed by atoms with Crippen LogP contribution in [0.15, 0.2) is 41.7 Å². The van der Waals surface area contributed by atoms with Crippen molar-refractivity contribution in [2.75, 3.05) is 0 Å². The maximum atomic E-state index is 10.5. The van der Waals surface area contributed by atoms with Crippen molar-refractivity contribution < 1.29 is 18.2 Å². The summed E-state index contributed by atoms with van der Waals surface area (Å²) in [5, 5.41) is -0.143. The molecule has 2 atom stereocenters. The predicted molar refractivity (Wildman–Crippen MR) is 53.1 cm³/mol. The lowest BCUT2D eigenvalue weighted by Gasteiger charge is -2.12. The van der Waals surface area contributed by atoms with E-state index in [0.29, 0.717) is 6.42 Å². The van der Waals surface area contributed by atoms with Gasteiger partial charge in [-0.3, -0.25) is 4.21 Å². The van der Waals surface area contributed by atoms with E-state index in [4.69, 9.17) is 9.47 Å². The van der Waals surface area contributed by atoms with Gasteiger partial charge in [0.2, 0.25) is 11.4 Å². The minimum Gasteiger partial charge on any atom is -0.766 e.